The van der Waals surface area contributed by atoms with Crippen molar-refractivity contribution in [3.05, 3.63) is 58.8 Å². The lowest BCUT2D eigenvalue weighted by Crippen LogP contribution is -2.38. The summed E-state index contributed by atoms with van der Waals surface area (Å²) in [6.07, 6.45) is 0.693. The van der Waals surface area contributed by atoms with Gasteiger partial charge in [-0.15, -0.1) is 0 Å². The van der Waals surface area contributed by atoms with Gasteiger partial charge in [0, 0.05) is 24.0 Å². The number of methoxy groups -OCH3 is 2. The Morgan fingerprint density at radius 3 is 2.47 bits per heavy atom. The molecule has 156 valence electrons. The van der Waals surface area contributed by atoms with Crippen molar-refractivity contribution in [3.8, 4) is 11.5 Å². The molecule has 2 heterocycles. The monoisotopic (exact) mass is 409 g/mol. The number of amides is 1. The molecule has 0 bridgehead atoms. The van der Waals surface area contributed by atoms with Crippen LogP contribution >= 0.6 is 0 Å². The third kappa shape index (κ3) is 3.58. The number of hydrogen-bond donors (Lipinski definition) is 0. The third-order valence-corrected chi connectivity index (χ3v) is 5.43. The summed E-state index contributed by atoms with van der Waals surface area (Å²) in [7, 11) is 3.18. The van der Waals surface area contributed by atoms with E-state index in [9.17, 15) is 9.59 Å². The second-order valence-corrected chi connectivity index (χ2v) is 7.17. The maximum absolute atomic E-state index is 12.6. The van der Waals surface area contributed by atoms with E-state index in [1.807, 2.05) is 30.3 Å². The average molecular weight is 409 g/mol. The zero-order chi connectivity index (χ0) is 21.3. The Bertz CT molecular complexity index is 1120. The van der Waals surface area contributed by atoms with E-state index in [0.717, 1.165) is 16.5 Å². The van der Waals surface area contributed by atoms with Crippen LogP contribution in [0.4, 0.5) is 0 Å². The number of hydrogen-bond acceptors (Lipinski definition) is 6. The highest BCUT2D eigenvalue weighted by molar-refractivity contribution is 5.96. The molecule has 4 rings (SSSR count). The van der Waals surface area contributed by atoms with Crippen LogP contribution in [0.2, 0.25) is 0 Å². The van der Waals surface area contributed by atoms with Crippen molar-refractivity contribution in [3.63, 3.8) is 0 Å². The van der Waals surface area contributed by atoms with Gasteiger partial charge >= 0.3 is 5.97 Å². The summed E-state index contributed by atoms with van der Waals surface area (Å²) in [5.41, 5.74) is 3.43. The Hall–Kier alpha value is -3.48. The number of furan rings is 1. The second-order valence-electron chi connectivity index (χ2n) is 7.17. The van der Waals surface area contributed by atoms with E-state index in [4.69, 9.17) is 18.6 Å². The number of aryl methyl sites for hydroxylation is 1. The van der Waals surface area contributed by atoms with Gasteiger partial charge in [0.1, 0.15) is 5.58 Å². The number of benzene rings is 2. The number of fused-ring (bicyclic) bond motifs is 2. The van der Waals surface area contributed by atoms with Gasteiger partial charge in [0.15, 0.2) is 18.1 Å². The van der Waals surface area contributed by atoms with Crippen LogP contribution in [0.3, 0.4) is 0 Å². The minimum absolute atomic E-state index is 0.129. The van der Waals surface area contributed by atoms with Crippen molar-refractivity contribution in [2.75, 3.05) is 27.4 Å². The van der Waals surface area contributed by atoms with Crippen LogP contribution in [-0.4, -0.2) is 44.1 Å². The molecule has 7 heteroatoms. The molecule has 0 aliphatic carbocycles. The van der Waals surface area contributed by atoms with Gasteiger partial charge in [-0.2, -0.15) is 0 Å². The summed E-state index contributed by atoms with van der Waals surface area (Å²) >= 11 is 0. The lowest BCUT2D eigenvalue weighted by Gasteiger charge is -2.29. The number of carbonyl (C=O) groups excluding carboxylic acids is 2. The fourth-order valence-electron chi connectivity index (χ4n) is 3.75. The molecule has 0 saturated heterocycles. The minimum atomic E-state index is -0.638. The van der Waals surface area contributed by atoms with Gasteiger partial charge in [0.2, 0.25) is 5.76 Å². The summed E-state index contributed by atoms with van der Waals surface area (Å²) in [5, 5.41) is 0.854. The summed E-state index contributed by atoms with van der Waals surface area (Å²) in [6.45, 7) is 2.43. The smallest absolute Gasteiger partial charge is 0.375 e. The SMILES string of the molecule is COc1cc2c(cc1OC)CN(C(=O)COC(=O)c1oc3ccccc3c1C)CC2. The Labute approximate surface area is 174 Å². The minimum Gasteiger partial charge on any atom is -0.493 e. The molecule has 7 nitrogen and oxygen atoms in total. The van der Waals surface area contributed by atoms with Crippen molar-refractivity contribution in [2.24, 2.45) is 0 Å². The van der Waals surface area contributed by atoms with E-state index < -0.39 is 5.97 Å². The lowest BCUT2D eigenvalue weighted by atomic mass is 9.99. The molecule has 30 heavy (non-hydrogen) atoms. The van der Waals surface area contributed by atoms with Crippen molar-refractivity contribution < 1.29 is 28.2 Å². The first-order valence-electron chi connectivity index (χ1n) is 9.68. The Morgan fingerprint density at radius 2 is 1.77 bits per heavy atom. The van der Waals surface area contributed by atoms with Crippen LogP contribution in [0.1, 0.15) is 27.2 Å². The van der Waals surface area contributed by atoms with Crippen molar-refractivity contribution in [1.82, 2.24) is 4.90 Å². The molecule has 0 spiro atoms. The molecular weight excluding hydrogens is 386 g/mol. The molecule has 3 aromatic rings. The predicted octanol–water partition coefficient (Wildman–Crippen LogP) is 3.50. The molecule has 2 aromatic carbocycles. The first-order valence-corrected chi connectivity index (χ1v) is 9.68. The first-order chi connectivity index (χ1) is 14.5. The zero-order valence-electron chi connectivity index (χ0n) is 17.2. The topological polar surface area (TPSA) is 78.2 Å². The van der Waals surface area contributed by atoms with Gasteiger partial charge < -0.3 is 23.5 Å². The summed E-state index contributed by atoms with van der Waals surface area (Å²) in [5.74, 6) is 0.534. The van der Waals surface area contributed by atoms with E-state index in [1.54, 1.807) is 32.1 Å². The van der Waals surface area contributed by atoms with Gasteiger partial charge in [-0.3, -0.25) is 4.79 Å². The summed E-state index contributed by atoms with van der Waals surface area (Å²) < 4.78 is 21.6. The van der Waals surface area contributed by atoms with Crippen LogP contribution in [0.25, 0.3) is 11.0 Å². The lowest BCUT2D eigenvalue weighted by molar-refractivity contribution is -0.135. The predicted molar refractivity (Wildman–Crippen MR) is 110 cm³/mol. The fraction of sp³-hybridized carbons (Fsp3) is 0.304. The number of carbonyl (C=O) groups is 2. The van der Waals surface area contributed by atoms with E-state index in [0.29, 0.717) is 42.2 Å². The number of rotatable bonds is 5. The average Bonchev–Trinajstić information content (AvgIpc) is 3.12. The van der Waals surface area contributed by atoms with Gasteiger partial charge in [-0.1, -0.05) is 18.2 Å². The third-order valence-electron chi connectivity index (χ3n) is 5.43. The van der Waals surface area contributed by atoms with Crippen molar-refractivity contribution in [2.45, 2.75) is 19.9 Å². The van der Waals surface area contributed by atoms with E-state index >= 15 is 0 Å². The first kappa shape index (κ1) is 19.8. The van der Waals surface area contributed by atoms with Crippen LogP contribution in [0.5, 0.6) is 11.5 Å². The van der Waals surface area contributed by atoms with E-state index in [-0.39, 0.29) is 18.3 Å². The highest BCUT2D eigenvalue weighted by atomic mass is 16.5. The maximum atomic E-state index is 12.6. The Morgan fingerprint density at radius 1 is 1.07 bits per heavy atom. The molecule has 0 N–H and O–H groups in total. The summed E-state index contributed by atoms with van der Waals surface area (Å²) in [6, 6.07) is 11.2. The molecule has 0 unspecified atom stereocenters. The van der Waals surface area contributed by atoms with Gasteiger partial charge in [-0.05, 0) is 42.7 Å². The molecular formula is C23H23NO6. The quantitative estimate of drug-likeness (QED) is 0.600. The molecule has 0 saturated carbocycles. The Kier molecular flexibility index (Phi) is 5.35. The molecule has 1 amide bonds. The van der Waals surface area contributed by atoms with Crippen LogP contribution in [0, 0.1) is 6.92 Å². The fourth-order valence-corrected chi connectivity index (χ4v) is 3.75. The van der Waals surface area contributed by atoms with Crippen LogP contribution < -0.4 is 9.47 Å². The molecule has 1 aliphatic heterocycles. The summed E-state index contributed by atoms with van der Waals surface area (Å²) in [4.78, 5) is 26.8. The van der Waals surface area contributed by atoms with Crippen molar-refractivity contribution in [1.29, 1.82) is 0 Å². The molecule has 0 radical (unpaired) electrons. The van der Waals surface area contributed by atoms with Gasteiger partial charge in [0.25, 0.3) is 5.91 Å². The highest BCUT2D eigenvalue weighted by Crippen LogP contribution is 2.33. The highest BCUT2D eigenvalue weighted by Gasteiger charge is 2.25. The van der Waals surface area contributed by atoms with E-state index in [2.05, 4.69) is 0 Å². The standard InChI is InChI=1S/C23H23NO6/c1-14-17-6-4-5-7-18(17)30-22(14)23(26)29-13-21(25)24-9-8-15-10-19(27-2)20(28-3)11-16(15)12-24/h4-7,10-11H,8-9,12-13H2,1-3H3. The molecule has 1 aliphatic rings. The Balaban J connectivity index is 1.42. The number of nitrogens with zero attached hydrogens (tertiary/aromatic N) is 1. The molecule has 1 aromatic heterocycles. The number of para-hydroxylation sites is 1. The molecule has 0 atom stereocenters. The number of esters is 1. The second kappa shape index (κ2) is 8.10. The normalized spacial score (nSPS) is 13.1. The van der Waals surface area contributed by atoms with Crippen molar-refractivity contribution >= 4 is 22.8 Å². The van der Waals surface area contributed by atoms with Crippen LogP contribution in [0.15, 0.2) is 40.8 Å². The van der Waals surface area contributed by atoms with Gasteiger partial charge in [0.05, 0.1) is 14.2 Å². The maximum Gasteiger partial charge on any atom is 0.375 e. The largest absolute Gasteiger partial charge is 0.493 e. The zero-order valence-corrected chi connectivity index (χ0v) is 17.2. The number of ether oxygens (including phenoxy) is 3. The van der Waals surface area contributed by atoms with Gasteiger partial charge in [-0.25, -0.2) is 4.79 Å². The van der Waals surface area contributed by atoms with E-state index in [1.165, 1.54) is 0 Å². The van der Waals surface area contributed by atoms with Crippen LogP contribution in [-0.2, 0) is 22.5 Å². The molecule has 0 fully saturated rings.